The Morgan fingerprint density at radius 1 is 1.88 bits per heavy atom. The number of nitrogens with one attached hydrogen (secondary N) is 1. The minimum Gasteiger partial charge on any atom is -0.358 e. The van der Waals surface area contributed by atoms with E-state index in [0.29, 0.717) is 0 Å². The number of urea groups is 1. The molecule has 44 valence electrons. The van der Waals surface area contributed by atoms with Crippen LogP contribution in [0.3, 0.4) is 0 Å². The average Bonchev–Trinajstić information content (AvgIpc) is 1.85. The van der Waals surface area contributed by atoms with Crippen molar-refractivity contribution in [1.29, 1.82) is 0 Å². The number of carbonyl (C=O) groups is 1. The van der Waals surface area contributed by atoms with Gasteiger partial charge in [0.05, 0.1) is 7.05 Å². The summed E-state index contributed by atoms with van der Waals surface area (Å²) in [5.74, 6) is 0.275. The van der Waals surface area contributed by atoms with Gasteiger partial charge in [-0.2, -0.15) is 5.06 Å². The summed E-state index contributed by atoms with van der Waals surface area (Å²) in [5.41, 5.74) is 0. The van der Waals surface area contributed by atoms with Crippen molar-refractivity contribution >= 4 is 6.03 Å². The van der Waals surface area contributed by atoms with E-state index in [9.17, 15) is 4.79 Å². The highest BCUT2D eigenvalue weighted by atomic mass is 16.7. The monoisotopic (exact) mass is 114 g/mol. The van der Waals surface area contributed by atoms with Crippen molar-refractivity contribution in [3.05, 3.63) is 12.5 Å². The van der Waals surface area contributed by atoms with Crippen LogP contribution in [0.1, 0.15) is 0 Å². The van der Waals surface area contributed by atoms with Crippen LogP contribution in [0.5, 0.6) is 0 Å². The van der Waals surface area contributed by atoms with Gasteiger partial charge in [0.1, 0.15) is 0 Å². The zero-order chi connectivity index (χ0) is 6.15. The molecule has 0 radical (unpaired) electrons. The van der Waals surface area contributed by atoms with Crippen molar-refractivity contribution in [2.45, 2.75) is 0 Å². The number of rotatable bonds is 0. The van der Waals surface area contributed by atoms with Crippen molar-refractivity contribution in [2.75, 3.05) is 7.05 Å². The van der Waals surface area contributed by atoms with Gasteiger partial charge in [-0.15, -0.1) is 0 Å². The normalized spacial score (nSPS) is 18.4. The van der Waals surface area contributed by atoms with Crippen molar-refractivity contribution in [3.63, 3.8) is 0 Å². The Balaban J connectivity index is 2.64. The van der Waals surface area contributed by atoms with Crippen LogP contribution >= 0.6 is 0 Å². The quantitative estimate of drug-likeness (QED) is 0.483. The molecular weight excluding hydrogens is 108 g/mol. The zero-order valence-corrected chi connectivity index (χ0v) is 4.47. The van der Waals surface area contributed by atoms with E-state index in [1.54, 1.807) is 0 Å². The van der Waals surface area contributed by atoms with E-state index >= 15 is 0 Å². The Bertz CT molecular complexity index is 143. The molecule has 0 atom stereocenters. The molecule has 4 heteroatoms. The molecule has 0 spiro atoms. The third-order valence-electron chi connectivity index (χ3n) is 0.779. The number of nitrogens with zero attached hydrogens (tertiary/aromatic N) is 1. The van der Waals surface area contributed by atoms with Crippen LogP contribution in [0, 0.1) is 0 Å². The second-order valence-electron chi connectivity index (χ2n) is 1.44. The lowest BCUT2D eigenvalue weighted by molar-refractivity contribution is -0.0212. The molecule has 1 N–H and O–H groups in total. The van der Waals surface area contributed by atoms with Crippen LogP contribution in [0.15, 0.2) is 12.5 Å². The first-order valence-corrected chi connectivity index (χ1v) is 2.12. The fraction of sp³-hybridized carbons (Fsp3) is 0.250. The maximum Gasteiger partial charge on any atom is 0.357 e. The van der Waals surface area contributed by atoms with Crippen LogP contribution < -0.4 is 5.32 Å². The molecule has 0 aromatic carbocycles. The first kappa shape index (κ1) is 4.96. The maximum absolute atomic E-state index is 10.4. The van der Waals surface area contributed by atoms with E-state index in [-0.39, 0.29) is 11.9 Å². The third-order valence-corrected chi connectivity index (χ3v) is 0.779. The van der Waals surface area contributed by atoms with E-state index in [1.807, 2.05) is 0 Å². The molecule has 0 unspecified atom stereocenters. The lowest BCUT2D eigenvalue weighted by atomic mass is 10.9. The molecule has 0 saturated carbocycles. The summed E-state index contributed by atoms with van der Waals surface area (Å²) < 4.78 is 0. The largest absolute Gasteiger partial charge is 0.358 e. The Morgan fingerprint density at radius 2 is 2.50 bits per heavy atom. The summed E-state index contributed by atoms with van der Waals surface area (Å²) in [6.07, 6.45) is 0. The number of amides is 2. The first-order valence-electron chi connectivity index (χ1n) is 2.12. The van der Waals surface area contributed by atoms with Crippen molar-refractivity contribution in [2.24, 2.45) is 0 Å². The highest BCUT2D eigenvalue weighted by Crippen LogP contribution is 2.02. The average molecular weight is 114 g/mol. The molecular formula is C4H6N2O2. The van der Waals surface area contributed by atoms with Gasteiger partial charge in [-0.3, -0.25) is 5.32 Å². The van der Waals surface area contributed by atoms with Crippen LogP contribution in [0.2, 0.25) is 0 Å². The highest BCUT2D eigenvalue weighted by molar-refractivity contribution is 5.76. The summed E-state index contributed by atoms with van der Waals surface area (Å²) in [4.78, 5) is 15.1. The van der Waals surface area contributed by atoms with Gasteiger partial charge >= 0.3 is 6.03 Å². The minimum atomic E-state index is -0.282. The van der Waals surface area contributed by atoms with Crippen molar-refractivity contribution < 1.29 is 9.63 Å². The molecule has 1 heterocycles. The van der Waals surface area contributed by atoms with Gasteiger partial charge in [0.2, 0.25) is 5.88 Å². The van der Waals surface area contributed by atoms with E-state index in [2.05, 4.69) is 16.7 Å². The SMILES string of the molecule is C=C1NC(=O)N(C)O1. The van der Waals surface area contributed by atoms with E-state index in [0.717, 1.165) is 5.06 Å². The molecule has 1 fully saturated rings. The zero-order valence-electron chi connectivity index (χ0n) is 4.47. The predicted molar refractivity (Wildman–Crippen MR) is 26.5 cm³/mol. The lowest BCUT2D eigenvalue weighted by Crippen LogP contribution is -2.22. The van der Waals surface area contributed by atoms with Crippen molar-refractivity contribution in [1.82, 2.24) is 10.4 Å². The summed E-state index contributed by atoms with van der Waals surface area (Å²) in [6, 6.07) is -0.282. The first-order chi connectivity index (χ1) is 3.70. The lowest BCUT2D eigenvalue weighted by Gasteiger charge is -2.00. The molecule has 0 aromatic heterocycles. The van der Waals surface area contributed by atoms with E-state index in [4.69, 9.17) is 0 Å². The molecule has 8 heavy (non-hydrogen) atoms. The Kier molecular flexibility index (Phi) is 0.865. The van der Waals surface area contributed by atoms with E-state index in [1.165, 1.54) is 7.05 Å². The summed E-state index contributed by atoms with van der Waals surface area (Å²) in [7, 11) is 1.51. The molecule has 0 aliphatic carbocycles. The fourth-order valence-corrected chi connectivity index (χ4v) is 0.428. The van der Waals surface area contributed by atoms with Gasteiger partial charge in [-0.1, -0.05) is 0 Å². The molecule has 1 aliphatic heterocycles. The number of hydrogen-bond donors (Lipinski definition) is 1. The summed E-state index contributed by atoms with van der Waals surface area (Å²) in [6.45, 7) is 3.36. The molecule has 1 aliphatic rings. The van der Waals surface area contributed by atoms with E-state index < -0.39 is 0 Å². The van der Waals surface area contributed by atoms with Gasteiger partial charge in [-0.05, 0) is 6.58 Å². The second kappa shape index (κ2) is 1.40. The van der Waals surface area contributed by atoms with Gasteiger partial charge in [0, 0.05) is 0 Å². The standard InChI is InChI=1S/C4H6N2O2/c1-3-5-4(7)6(2)8-3/h1H2,2H3,(H,5,7). The Hall–Kier alpha value is -1.19. The third kappa shape index (κ3) is 0.598. The predicted octanol–water partition coefficient (Wildman–Crippen LogP) is 0.0442. The number of carbonyl (C=O) groups excluding carboxylic acids is 1. The summed E-state index contributed by atoms with van der Waals surface area (Å²) in [5, 5.41) is 3.41. The van der Waals surface area contributed by atoms with Gasteiger partial charge < -0.3 is 4.84 Å². The summed E-state index contributed by atoms with van der Waals surface area (Å²) >= 11 is 0. The van der Waals surface area contributed by atoms with Crippen LogP contribution in [0.25, 0.3) is 0 Å². The van der Waals surface area contributed by atoms with Crippen LogP contribution in [0.4, 0.5) is 4.79 Å². The fourth-order valence-electron chi connectivity index (χ4n) is 0.428. The Morgan fingerprint density at radius 3 is 2.62 bits per heavy atom. The van der Waals surface area contributed by atoms with Crippen molar-refractivity contribution in [3.8, 4) is 0 Å². The molecule has 1 saturated heterocycles. The topological polar surface area (TPSA) is 41.6 Å². The van der Waals surface area contributed by atoms with Gasteiger partial charge in [0.25, 0.3) is 0 Å². The molecule has 4 nitrogen and oxygen atoms in total. The molecule has 2 amide bonds. The molecule has 1 rings (SSSR count). The molecule has 0 bridgehead atoms. The van der Waals surface area contributed by atoms with Gasteiger partial charge in [0.15, 0.2) is 0 Å². The second-order valence-corrected chi connectivity index (χ2v) is 1.44. The number of hydrogen-bond acceptors (Lipinski definition) is 2. The smallest absolute Gasteiger partial charge is 0.357 e. The van der Waals surface area contributed by atoms with Gasteiger partial charge in [-0.25, -0.2) is 4.79 Å². The maximum atomic E-state index is 10.4. The molecule has 0 aromatic rings. The van der Waals surface area contributed by atoms with Crippen LogP contribution in [-0.2, 0) is 4.84 Å². The van der Waals surface area contributed by atoms with Crippen LogP contribution in [-0.4, -0.2) is 18.1 Å². The highest BCUT2D eigenvalue weighted by Gasteiger charge is 2.19. The Labute approximate surface area is 46.7 Å². The number of hydroxylamine groups is 2. The minimum absolute atomic E-state index is 0.275.